The molecular weight excluding hydrogens is 237 g/mol. The highest BCUT2D eigenvalue weighted by Crippen LogP contribution is 2.43. The minimum absolute atomic E-state index is 0.0296. The molecule has 0 spiro atoms. The molecule has 1 aliphatic carbocycles. The van der Waals surface area contributed by atoms with Crippen LogP contribution >= 0.6 is 0 Å². The fraction of sp³-hybridized carbons (Fsp3) is 0.647. The van der Waals surface area contributed by atoms with Crippen LogP contribution in [0.1, 0.15) is 44.6 Å². The molecule has 1 fully saturated rings. The van der Waals surface area contributed by atoms with Gasteiger partial charge in [-0.15, -0.1) is 0 Å². The zero-order valence-corrected chi connectivity index (χ0v) is 12.3. The Morgan fingerprint density at radius 3 is 2.63 bits per heavy atom. The molecule has 2 heteroatoms. The molecule has 106 valence electrons. The van der Waals surface area contributed by atoms with E-state index in [1.54, 1.807) is 12.1 Å². The van der Waals surface area contributed by atoms with E-state index in [9.17, 15) is 4.39 Å². The van der Waals surface area contributed by atoms with Gasteiger partial charge in [0.1, 0.15) is 5.82 Å². The normalized spacial score (nSPS) is 27.7. The van der Waals surface area contributed by atoms with Gasteiger partial charge in [-0.05, 0) is 68.2 Å². The summed E-state index contributed by atoms with van der Waals surface area (Å²) in [6.45, 7) is 5.58. The quantitative estimate of drug-likeness (QED) is 0.858. The van der Waals surface area contributed by atoms with E-state index in [0.717, 1.165) is 24.4 Å². The molecule has 3 atom stereocenters. The summed E-state index contributed by atoms with van der Waals surface area (Å²) in [4.78, 5) is 0. The first-order valence-corrected chi connectivity index (χ1v) is 7.52. The Labute approximate surface area is 116 Å². The summed E-state index contributed by atoms with van der Waals surface area (Å²) in [5, 5.41) is 3.28. The van der Waals surface area contributed by atoms with Gasteiger partial charge in [-0.2, -0.15) is 0 Å². The van der Waals surface area contributed by atoms with Crippen molar-refractivity contribution in [3.05, 3.63) is 35.6 Å². The van der Waals surface area contributed by atoms with Gasteiger partial charge in [-0.3, -0.25) is 0 Å². The maximum atomic E-state index is 14.1. The molecule has 0 aromatic heterocycles. The van der Waals surface area contributed by atoms with E-state index in [0.29, 0.717) is 17.8 Å². The minimum atomic E-state index is -0.0296. The SMILES string of the molecule is CNCC1CCC(C(C)C)CC1c1ccccc1F. The van der Waals surface area contributed by atoms with Gasteiger partial charge in [0.15, 0.2) is 0 Å². The number of benzene rings is 1. The second kappa shape index (κ2) is 6.51. The largest absolute Gasteiger partial charge is 0.319 e. The maximum Gasteiger partial charge on any atom is 0.126 e. The highest BCUT2D eigenvalue weighted by atomic mass is 19.1. The molecule has 1 nitrogen and oxygen atoms in total. The maximum absolute atomic E-state index is 14.1. The van der Waals surface area contributed by atoms with Crippen LogP contribution in [0.25, 0.3) is 0 Å². The molecular formula is C17H26FN. The second-order valence-electron chi connectivity index (χ2n) is 6.26. The fourth-order valence-electron chi connectivity index (χ4n) is 3.53. The standard InChI is InChI=1S/C17H26FN/c1-12(2)13-8-9-14(11-19-3)16(10-13)15-6-4-5-7-17(15)18/h4-7,12-14,16,19H,8-11H2,1-3H3. The van der Waals surface area contributed by atoms with E-state index in [2.05, 4.69) is 19.2 Å². The zero-order chi connectivity index (χ0) is 13.8. The molecule has 0 amide bonds. The molecule has 1 aromatic carbocycles. The van der Waals surface area contributed by atoms with Gasteiger partial charge in [0.25, 0.3) is 0 Å². The Morgan fingerprint density at radius 2 is 2.00 bits per heavy atom. The highest BCUT2D eigenvalue weighted by Gasteiger charge is 2.33. The first-order chi connectivity index (χ1) is 9.13. The Hall–Kier alpha value is -0.890. The van der Waals surface area contributed by atoms with Crippen molar-refractivity contribution in [2.75, 3.05) is 13.6 Å². The molecule has 1 saturated carbocycles. The third-order valence-corrected chi connectivity index (χ3v) is 4.75. The van der Waals surface area contributed by atoms with Crippen LogP contribution < -0.4 is 5.32 Å². The molecule has 19 heavy (non-hydrogen) atoms. The van der Waals surface area contributed by atoms with Crippen molar-refractivity contribution in [1.82, 2.24) is 5.32 Å². The average molecular weight is 263 g/mol. The molecule has 0 radical (unpaired) electrons. The van der Waals surface area contributed by atoms with Gasteiger partial charge >= 0.3 is 0 Å². The lowest BCUT2D eigenvalue weighted by atomic mass is 9.68. The molecule has 1 N–H and O–H groups in total. The lowest BCUT2D eigenvalue weighted by Crippen LogP contribution is -2.32. The molecule has 2 rings (SSSR count). The van der Waals surface area contributed by atoms with Gasteiger partial charge in [-0.1, -0.05) is 32.0 Å². The molecule has 0 heterocycles. The smallest absolute Gasteiger partial charge is 0.126 e. The lowest BCUT2D eigenvalue weighted by molar-refractivity contribution is 0.190. The van der Waals surface area contributed by atoms with E-state index in [4.69, 9.17) is 0 Å². The highest BCUT2D eigenvalue weighted by molar-refractivity contribution is 5.23. The fourth-order valence-corrected chi connectivity index (χ4v) is 3.53. The van der Waals surface area contributed by atoms with Gasteiger partial charge in [0.2, 0.25) is 0 Å². The van der Waals surface area contributed by atoms with Crippen LogP contribution in [0.5, 0.6) is 0 Å². The predicted molar refractivity (Wildman–Crippen MR) is 78.7 cm³/mol. The number of hydrogen-bond donors (Lipinski definition) is 1. The zero-order valence-electron chi connectivity index (χ0n) is 12.3. The van der Waals surface area contributed by atoms with Gasteiger partial charge in [-0.25, -0.2) is 4.39 Å². The first-order valence-electron chi connectivity index (χ1n) is 7.52. The summed E-state index contributed by atoms with van der Waals surface area (Å²) >= 11 is 0. The Balaban J connectivity index is 2.23. The topological polar surface area (TPSA) is 12.0 Å². The van der Waals surface area contributed by atoms with Crippen molar-refractivity contribution in [1.29, 1.82) is 0 Å². The van der Waals surface area contributed by atoms with Crippen LogP contribution in [0.4, 0.5) is 4.39 Å². The summed E-state index contributed by atoms with van der Waals surface area (Å²) in [6.07, 6.45) is 3.63. The molecule has 3 unspecified atom stereocenters. The van der Waals surface area contributed by atoms with E-state index in [1.165, 1.54) is 12.8 Å². The van der Waals surface area contributed by atoms with E-state index in [-0.39, 0.29) is 5.82 Å². The Bertz CT molecular complexity index is 402. The van der Waals surface area contributed by atoms with Crippen molar-refractivity contribution in [2.24, 2.45) is 17.8 Å². The summed E-state index contributed by atoms with van der Waals surface area (Å²) in [7, 11) is 1.99. The summed E-state index contributed by atoms with van der Waals surface area (Å²) in [5.74, 6) is 2.34. The van der Waals surface area contributed by atoms with Crippen LogP contribution in [0.2, 0.25) is 0 Å². The monoisotopic (exact) mass is 263 g/mol. The molecule has 0 aliphatic heterocycles. The van der Waals surface area contributed by atoms with Crippen LogP contribution in [0.3, 0.4) is 0 Å². The molecule has 1 aromatic rings. The van der Waals surface area contributed by atoms with E-state index < -0.39 is 0 Å². The predicted octanol–water partition coefficient (Wildman–Crippen LogP) is 4.20. The molecule has 0 bridgehead atoms. The van der Waals surface area contributed by atoms with Crippen LogP contribution in [-0.4, -0.2) is 13.6 Å². The summed E-state index contributed by atoms with van der Waals surface area (Å²) in [5.41, 5.74) is 0.924. The van der Waals surface area contributed by atoms with Crippen molar-refractivity contribution in [3.8, 4) is 0 Å². The number of halogens is 1. The van der Waals surface area contributed by atoms with Gasteiger partial charge in [0.05, 0.1) is 0 Å². The van der Waals surface area contributed by atoms with Crippen molar-refractivity contribution in [2.45, 2.75) is 39.0 Å². The number of nitrogens with one attached hydrogen (secondary N) is 1. The molecule has 1 aliphatic rings. The average Bonchev–Trinajstić information content (AvgIpc) is 2.40. The van der Waals surface area contributed by atoms with Crippen molar-refractivity contribution < 1.29 is 4.39 Å². The Morgan fingerprint density at radius 1 is 1.26 bits per heavy atom. The lowest BCUT2D eigenvalue weighted by Gasteiger charge is -2.38. The third kappa shape index (κ3) is 3.36. The van der Waals surface area contributed by atoms with Crippen molar-refractivity contribution in [3.63, 3.8) is 0 Å². The number of hydrogen-bond acceptors (Lipinski definition) is 1. The second-order valence-corrected chi connectivity index (χ2v) is 6.26. The van der Waals surface area contributed by atoms with E-state index in [1.807, 2.05) is 19.2 Å². The van der Waals surface area contributed by atoms with Crippen LogP contribution in [-0.2, 0) is 0 Å². The van der Waals surface area contributed by atoms with E-state index >= 15 is 0 Å². The summed E-state index contributed by atoms with van der Waals surface area (Å²) in [6, 6.07) is 7.33. The third-order valence-electron chi connectivity index (χ3n) is 4.75. The van der Waals surface area contributed by atoms with Gasteiger partial charge < -0.3 is 5.32 Å². The first kappa shape index (κ1) is 14.5. The van der Waals surface area contributed by atoms with Gasteiger partial charge in [0, 0.05) is 0 Å². The minimum Gasteiger partial charge on any atom is -0.319 e. The molecule has 0 saturated heterocycles. The summed E-state index contributed by atoms with van der Waals surface area (Å²) < 4.78 is 14.1. The Kier molecular flexibility index (Phi) is 4.98. The van der Waals surface area contributed by atoms with Crippen LogP contribution in [0.15, 0.2) is 24.3 Å². The van der Waals surface area contributed by atoms with Crippen molar-refractivity contribution >= 4 is 0 Å². The number of rotatable bonds is 4. The van der Waals surface area contributed by atoms with Crippen LogP contribution in [0, 0.1) is 23.6 Å².